The summed E-state index contributed by atoms with van der Waals surface area (Å²) in [5.74, 6) is 0. The molecular weight excluding hydrogens is 133 g/mol. The molecule has 60 valence electrons. The third-order valence-corrected chi connectivity index (χ3v) is 1.62. The van der Waals surface area contributed by atoms with Gasteiger partial charge in [0.2, 0.25) is 0 Å². The minimum absolute atomic E-state index is 0.233. The summed E-state index contributed by atoms with van der Waals surface area (Å²) in [4.78, 5) is 1.95. The molecule has 1 aliphatic rings. The van der Waals surface area contributed by atoms with Gasteiger partial charge in [0.15, 0.2) is 0 Å². The van der Waals surface area contributed by atoms with Crippen LogP contribution in [0.4, 0.5) is 4.39 Å². The third-order valence-electron chi connectivity index (χ3n) is 1.62. The van der Waals surface area contributed by atoms with Crippen molar-refractivity contribution in [1.82, 2.24) is 4.90 Å². The maximum atomic E-state index is 13.2. The van der Waals surface area contributed by atoms with Crippen LogP contribution >= 0.6 is 0 Å². The lowest BCUT2D eigenvalue weighted by Crippen LogP contribution is -2.35. The predicted molar refractivity (Wildman–Crippen MR) is 37.8 cm³/mol. The van der Waals surface area contributed by atoms with Crippen LogP contribution in [0.1, 0.15) is 6.92 Å². The number of ether oxygens (including phenoxy) is 1. The van der Waals surface area contributed by atoms with Gasteiger partial charge in [0.25, 0.3) is 0 Å². The van der Waals surface area contributed by atoms with E-state index in [0.717, 1.165) is 6.54 Å². The van der Waals surface area contributed by atoms with Crippen molar-refractivity contribution in [3.63, 3.8) is 0 Å². The van der Waals surface area contributed by atoms with Gasteiger partial charge in [-0.1, -0.05) is 0 Å². The molecule has 3 heteroatoms. The van der Waals surface area contributed by atoms with Crippen molar-refractivity contribution in [3.05, 3.63) is 0 Å². The minimum Gasteiger partial charge on any atom is -0.377 e. The molecule has 0 aromatic rings. The number of alkyl halides is 1. The Kier molecular flexibility index (Phi) is 2.26. The molecule has 0 aromatic carbocycles. The SMILES string of the molecule is CN1CCOCC(C)(F)C1. The lowest BCUT2D eigenvalue weighted by Gasteiger charge is -2.21. The van der Waals surface area contributed by atoms with Gasteiger partial charge in [-0.3, -0.25) is 0 Å². The minimum atomic E-state index is -1.16. The zero-order valence-electron chi connectivity index (χ0n) is 6.56. The van der Waals surface area contributed by atoms with Gasteiger partial charge in [0.05, 0.1) is 13.2 Å². The van der Waals surface area contributed by atoms with Crippen LogP contribution in [0.25, 0.3) is 0 Å². The Bertz CT molecular complexity index is 116. The number of hydrogen-bond donors (Lipinski definition) is 0. The second kappa shape index (κ2) is 2.84. The van der Waals surface area contributed by atoms with E-state index in [1.54, 1.807) is 6.92 Å². The molecule has 0 amide bonds. The van der Waals surface area contributed by atoms with Gasteiger partial charge in [0, 0.05) is 13.1 Å². The Labute approximate surface area is 61.0 Å². The molecule has 0 radical (unpaired) electrons. The third kappa shape index (κ3) is 2.23. The summed E-state index contributed by atoms with van der Waals surface area (Å²) in [6.07, 6.45) is 0. The normalized spacial score (nSPS) is 37.5. The van der Waals surface area contributed by atoms with Gasteiger partial charge in [-0.25, -0.2) is 4.39 Å². The van der Waals surface area contributed by atoms with Crippen LogP contribution in [0.2, 0.25) is 0 Å². The number of rotatable bonds is 0. The molecule has 1 rings (SSSR count). The van der Waals surface area contributed by atoms with Crippen LogP contribution in [0, 0.1) is 0 Å². The zero-order chi connectivity index (χ0) is 7.61. The highest BCUT2D eigenvalue weighted by Gasteiger charge is 2.27. The fraction of sp³-hybridized carbons (Fsp3) is 1.00. The molecule has 1 heterocycles. The van der Waals surface area contributed by atoms with Crippen LogP contribution in [-0.4, -0.2) is 43.9 Å². The highest BCUT2D eigenvalue weighted by molar-refractivity contribution is 4.78. The molecule has 0 bridgehead atoms. The number of nitrogens with zero attached hydrogens (tertiary/aromatic N) is 1. The number of likely N-dealkylation sites (N-methyl/N-ethyl adjacent to an activating group) is 1. The second-order valence-electron chi connectivity index (χ2n) is 3.20. The van der Waals surface area contributed by atoms with E-state index in [-0.39, 0.29) is 6.61 Å². The zero-order valence-corrected chi connectivity index (χ0v) is 6.56. The Hall–Kier alpha value is -0.150. The van der Waals surface area contributed by atoms with Gasteiger partial charge in [-0.15, -0.1) is 0 Å². The van der Waals surface area contributed by atoms with E-state index in [4.69, 9.17) is 4.74 Å². The van der Waals surface area contributed by atoms with E-state index in [1.165, 1.54) is 0 Å². The highest BCUT2D eigenvalue weighted by Crippen LogP contribution is 2.14. The molecule has 1 aliphatic heterocycles. The van der Waals surface area contributed by atoms with Gasteiger partial charge >= 0.3 is 0 Å². The molecule has 1 fully saturated rings. The first kappa shape index (κ1) is 7.95. The molecule has 10 heavy (non-hydrogen) atoms. The quantitative estimate of drug-likeness (QED) is 0.499. The number of hydrogen-bond acceptors (Lipinski definition) is 2. The van der Waals surface area contributed by atoms with E-state index in [0.29, 0.717) is 13.2 Å². The van der Waals surface area contributed by atoms with Gasteiger partial charge in [-0.05, 0) is 14.0 Å². The van der Waals surface area contributed by atoms with Crippen molar-refractivity contribution < 1.29 is 9.13 Å². The van der Waals surface area contributed by atoms with Crippen molar-refractivity contribution >= 4 is 0 Å². The summed E-state index contributed by atoms with van der Waals surface area (Å²) in [6.45, 7) is 3.77. The molecule has 0 spiro atoms. The van der Waals surface area contributed by atoms with Gasteiger partial charge in [-0.2, -0.15) is 0 Å². The van der Waals surface area contributed by atoms with E-state index in [1.807, 2.05) is 11.9 Å². The van der Waals surface area contributed by atoms with Crippen LogP contribution in [0.5, 0.6) is 0 Å². The lowest BCUT2D eigenvalue weighted by molar-refractivity contribution is 0.0472. The average Bonchev–Trinajstić information content (AvgIpc) is 1.90. The molecule has 0 saturated carbocycles. The highest BCUT2D eigenvalue weighted by atomic mass is 19.1. The molecule has 0 N–H and O–H groups in total. The fourth-order valence-electron chi connectivity index (χ4n) is 1.19. The maximum absolute atomic E-state index is 13.2. The lowest BCUT2D eigenvalue weighted by atomic mass is 10.1. The topological polar surface area (TPSA) is 12.5 Å². The van der Waals surface area contributed by atoms with Gasteiger partial charge in [0.1, 0.15) is 5.67 Å². The summed E-state index contributed by atoms with van der Waals surface area (Å²) in [5, 5.41) is 0. The van der Waals surface area contributed by atoms with Crippen molar-refractivity contribution in [2.75, 3.05) is 33.4 Å². The van der Waals surface area contributed by atoms with Crippen molar-refractivity contribution in [2.45, 2.75) is 12.6 Å². The van der Waals surface area contributed by atoms with Crippen LogP contribution in [-0.2, 0) is 4.74 Å². The van der Waals surface area contributed by atoms with Gasteiger partial charge < -0.3 is 9.64 Å². The molecule has 1 atom stereocenters. The number of halogens is 1. The maximum Gasteiger partial charge on any atom is 0.144 e. The monoisotopic (exact) mass is 147 g/mol. The van der Waals surface area contributed by atoms with Crippen LogP contribution in [0.3, 0.4) is 0 Å². The van der Waals surface area contributed by atoms with Crippen molar-refractivity contribution in [1.29, 1.82) is 0 Å². The van der Waals surface area contributed by atoms with E-state index in [2.05, 4.69) is 0 Å². The Morgan fingerprint density at radius 2 is 2.30 bits per heavy atom. The first-order chi connectivity index (χ1) is 4.60. The fourth-order valence-corrected chi connectivity index (χ4v) is 1.19. The van der Waals surface area contributed by atoms with Crippen molar-refractivity contribution in [2.24, 2.45) is 0 Å². The van der Waals surface area contributed by atoms with E-state index >= 15 is 0 Å². The second-order valence-corrected chi connectivity index (χ2v) is 3.20. The van der Waals surface area contributed by atoms with Crippen LogP contribution < -0.4 is 0 Å². The Morgan fingerprint density at radius 1 is 1.60 bits per heavy atom. The Morgan fingerprint density at radius 3 is 3.00 bits per heavy atom. The van der Waals surface area contributed by atoms with Crippen LogP contribution in [0.15, 0.2) is 0 Å². The largest absolute Gasteiger partial charge is 0.377 e. The summed E-state index contributed by atoms with van der Waals surface area (Å²) in [7, 11) is 1.91. The summed E-state index contributed by atoms with van der Waals surface area (Å²) in [5.41, 5.74) is -1.16. The van der Waals surface area contributed by atoms with E-state index < -0.39 is 5.67 Å². The molecule has 0 aliphatic carbocycles. The summed E-state index contributed by atoms with van der Waals surface area (Å²) in [6, 6.07) is 0. The first-order valence-corrected chi connectivity index (χ1v) is 3.55. The van der Waals surface area contributed by atoms with E-state index in [9.17, 15) is 4.39 Å². The smallest absolute Gasteiger partial charge is 0.144 e. The molecule has 0 aromatic heterocycles. The average molecular weight is 147 g/mol. The molecular formula is C7H14FNO. The summed E-state index contributed by atoms with van der Waals surface area (Å²) < 4.78 is 18.3. The predicted octanol–water partition coefficient (Wildman–Crippen LogP) is 0.677. The van der Waals surface area contributed by atoms with Crippen molar-refractivity contribution in [3.8, 4) is 0 Å². The molecule has 2 nitrogen and oxygen atoms in total. The first-order valence-electron chi connectivity index (χ1n) is 3.55. The molecule has 1 saturated heterocycles. The molecule has 1 unspecified atom stereocenters. The standard InChI is InChI=1S/C7H14FNO/c1-7(8)5-9(2)3-4-10-6-7/h3-6H2,1-2H3. The Balaban J connectivity index is 2.46. The summed E-state index contributed by atoms with van der Waals surface area (Å²) >= 11 is 0.